The predicted molar refractivity (Wildman–Crippen MR) is 105 cm³/mol. The van der Waals surface area contributed by atoms with Gasteiger partial charge >= 0.3 is 0 Å². The Labute approximate surface area is 156 Å². The van der Waals surface area contributed by atoms with Crippen LogP contribution < -0.4 is 10.9 Å². The molecule has 0 aliphatic heterocycles. The van der Waals surface area contributed by atoms with E-state index in [4.69, 9.17) is 0 Å². The molecule has 2 aromatic heterocycles. The number of hydrogen-bond donors (Lipinski definition) is 1. The average Bonchev–Trinajstić information content (AvgIpc) is 2.72. The molecule has 4 aromatic rings. The summed E-state index contributed by atoms with van der Waals surface area (Å²) in [5, 5.41) is 9.43. The normalized spacial score (nSPS) is 11.0. The minimum absolute atomic E-state index is 0.0767. The number of aromatic nitrogens is 4. The Morgan fingerprint density at radius 3 is 2.52 bits per heavy atom. The topological polar surface area (TPSA) is 72.7 Å². The van der Waals surface area contributed by atoms with Crippen LogP contribution in [0.5, 0.6) is 0 Å². The zero-order valence-electron chi connectivity index (χ0n) is 15.0. The molecule has 2 heterocycles. The van der Waals surface area contributed by atoms with E-state index in [0.717, 1.165) is 27.8 Å². The average molecular weight is 357 g/mol. The van der Waals surface area contributed by atoms with Crippen LogP contribution in [0, 0.1) is 0 Å². The van der Waals surface area contributed by atoms with Crippen LogP contribution in [0.3, 0.4) is 0 Å². The molecule has 0 atom stereocenters. The van der Waals surface area contributed by atoms with Gasteiger partial charge in [0, 0.05) is 43.5 Å². The fourth-order valence-corrected chi connectivity index (χ4v) is 3.14. The SMILES string of the molecule is Cn1nc(CNCc2cccc(-c3cncnc3)c2)c2ccccc2c1=O. The maximum atomic E-state index is 12.2. The molecule has 0 amide bonds. The molecule has 0 saturated heterocycles. The molecule has 4 rings (SSSR count). The lowest BCUT2D eigenvalue weighted by molar-refractivity contribution is 0.633. The van der Waals surface area contributed by atoms with E-state index < -0.39 is 0 Å². The van der Waals surface area contributed by atoms with E-state index in [1.54, 1.807) is 19.4 Å². The predicted octanol–water partition coefficient (Wildman–Crippen LogP) is 2.68. The lowest BCUT2D eigenvalue weighted by atomic mass is 10.1. The first kappa shape index (κ1) is 17.1. The highest BCUT2D eigenvalue weighted by Gasteiger charge is 2.08. The van der Waals surface area contributed by atoms with Gasteiger partial charge in [-0.25, -0.2) is 14.6 Å². The maximum Gasteiger partial charge on any atom is 0.274 e. The highest BCUT2D eigenvalue weighted by molar-refractivity contribution is 5.83. The molecular weight excluding hydrogens is 338 g/mol. The van der Waals surface area contributed by atoms with Crippen LogP contribution in [0.15, 0.2) is 72.0 Å². The molecule has 0 fully saturated rings. The first-order valence-corrected chi connectivity index (χ1v) is 8.72. The molecule has 6 nitrogen and oxygen atoms in total. The highest BCUT2D eigenvalue weighted by Crippen LogP contribution is 2.18. The van der Waals surface area contributed by atoms with Gasteiger partial charge < -0.3 is 5.32 Å². The molecule has 27 heavy (non-hydrogen) atoms. The minimum Gasteiger partial charge on any atom is -0.307 e. The second-order valence-electron chi connectivity index (χ2n) is 6.35. The van der Waals surface area contributed by atoms with Crippen molar-refractivity contribution >= 4 is 10.8 Å². The second-order valence-corrected chi connectivity index (χ2v) is 6.35. The summed E-state index contributed by atoms with van der Waals surface area (Å²) in [6.07, 6.45) is 5.14. The van der Waals surface area contributed by atoms with Crippen molar-refractivity contribution in [2.24, 2.45) is 7.05 Å². The minimum atomic E-state index is -0.0767. The van der Waals surface area contributed by atoms with Crippen LogP contribution in [-0.4, -0.2) is 19.7 Å². The molecule has 0 spiro atoms. The highest BCUT2D eigenvalue weighted by atomic mass is 16.1. The van der Waals surface area contributed by atoms with Crippen molar-refractivity contribution in [3.8, 4) is 11.1 Å². The molecule has 0 saturated carbocycles. The number of aryl methyl sites for hydroxylation is 1. The summed E-state index contributed by atoms with van der Waals surface area (Å²) in [5.74, 6) is 0. The third-order valence-corrected chi connectivity index (χ3v) is 4.48. The van der Waals surface area contributed by atoms with Crippen LogP contribution in [-0.2, 0) is 20.1 Å². The Balaban J connectivity index is 1.52. The number of hydrogen-bond acceptors (Lipinski definition) is 5. The maximum absolute atomic E-state index is 12.2. The Bertz CT molecular complexity index is 1140. The molecule has 0 aliphatic rings. The molecule has 0 aliphatic carbocycles. The first-order valence-electron chi connectivity index (χ1n) is 8.72. The van der Waals surface area contributed by atoms with E-state index in [2.05, 4.69) is 32.5 Å². The summed E-state index contributed by atoms with van der Waals surface area (Å²) in [6.45, 7) is 1.27. The van der Waals surface area contributed by atoms with Gasteiger partial charge in [-0.05, 0) is 23.3 Å². The Morgan fingerprint density at radius 1 is 0.926 bits per heavy atom. The van der Waals surface area contributed by atoms with Gasteiger partial charge in [-0.2, -0.15) is 5.10 Å². The van der Waals surface area contributed by atoms with Crippen molar-refractivity contribution in [2.75, 3.05) is 0 Å². The van der Waals surface area contributed by atoms with E-state index in [0.29, 0.717) is 18.5 Å². The summed E-state index contributed by atoms with van der Waals surface area (Å²) in [4.78, 5) is 20.4. The first-order chi connectivity index (χ1) is 13.2. The molecule has 1 N–H and O–H groups in total. The van der Waals surface area contributed by atoms with Gasteiger partial charge in [-0.1, -0.05) is 36.4 Å². The van der Waals surface area contributed by atoms with Gasteiger partial charge in [0.15, 0.2) is 0 Å². The van der Waals surface area contributed by atoms with Crippen LogP contribution in [0.4, 0.5) is 0 Å². The van der Waals surface area contributed by atoms with Crippen molar-refractivity contribution in [3.05, 3.63) is 88.9 Å². The van der Waals surface area contributed by atoms with E-state index in [1.807, 2.05) is 36.4 Å². The second kappa shape index (κ2) is 7.47. The molecular formula is C21H19N5O. The molecule has 0 bridgehead atoms. The van der Waals surface area contributed by atoms with Gasteiger partial charge in [-0.15, -0.1) is 0 Å². The molecule has 0 radical (unpaired) electrons. The summed E-state index contributed by atoms with van der Waals surface area (Å²) < 4.78 is 1.40. The summed E-state index contributed by atoms with van der Waals surface area (Å²) in [6, 6.07) is 15.9. The monoisotopic (exact) mass is 357 g/mol. The van der Waals surface area contributed by atoms with Crippen molar-refractivity contribution in [3.63, 3.8) is 0 Å². The third-order valence-electron chi connectivity index (χ3n) is 4.48. The van der Waals surface area contributed by atoms with E-state index in [9.17, 15) is 4.79 Å². The summed E-state index contributed by atoms with van der Waals surface area (Å²) in [7, 11) is 1.68. The number of nitrogens with one attached hydrogen (secondary N) is 1. The molecule has 0 unspecified atom stereocenters. The van der Waals surface area contributed by atoms with E-state index >= 15 is 0 Å². The van der Waals surface area contributed by atoms with E-state index in [-0.39, 0.29) is 5.56 Å². The number of benzene rings is 2. The fourth-order valence-electron chi connectivity index (χ4n) is 3.14. The van der Waals surface area contributed by atoms with Crippen molar-refractivity contribution in [1.82, 2.24) is 25.1 Å². The van der Waals surface area contributed by atoms with Gasteiger partial charge in [-0.3, -0.25) is 4.79 Å². The van der Waals surface area contributed by atoms with Gasteiger partial charge in [0.05, 0.1) is 11.1 Å². The Hall–Kier alpha value is -3.38. The Morgan fingerprint density at radius 2 is 1.70 bits per heavy atom. The summed E-state index contributed by atoms with van der Waals surface area (Å²) >= 11 is 0. The number of nitrogens with zero attached hydrogens (tertiary/aromatic N) is 4. The van der Waals surface area contributed by atoms with Crippen LogP contribution >= 0.6 is 0 Å². The van der Waals surface area contributed by atoms with Gasteiger partial charge in [0.2, 0.25) is 0 Å². The third kappa shape index (κ3) is 3.61. The van der Waals surface area contributed by atoms with Crippen molar-refractivity contribution in [2.45, 2.75) is 13.1 Å². The smallest absolute Gasteiger partial charge is 0.274 e. The Kier molecular flexibility index (Phi) is 4.72. The standard InChI is InChI=1S/C21H19N5O/c1-26-21(27)19-8-3-2-7-18(19)20(25-26)13-22-10-15-5-4-6-16(9-15)17-11-23-14-24-12-17/h2-9,11-12,14,22H,10,13H2,1H3. The summed E-state index contributed by atoms with van der Waals surface area (Å²) in [5.41, 5.74) is 4.02. The number of fused-ring (bicyclic) bond motifs is 1. The molecule has 6 heteroatoms. The van der Waals surface area contributed by atoms with Gasteiger partial charge in [0.1, 0.15) is 6.33 Å². The lowest BCUT2D eigenvalue weighted by Gasteiger charge is -2.10. The zero-order valence-corrected chi connectivity index (χ0v) is 15.0. The van der Waals surface area contributed by atoms with Crippen LogP contribution in [0.25, 0.3) is 21.9 Å². The fraction of sp³-hybridized carbons (Fsp3) is 0.143. The van der Waals surface area contributed by atoms with Crippen molar-refractivity contribution in [1.29, 1.82) is 0 Å². The van der Waals surface area contributed by atoms with Crippen LogP contribution in [0.1, 0.15) is 11.3 Å². The van der Waals surface area contributed by atoms with Crippen molar-refractivity contribution < 1.29 is 0 Å². The largest absolute Gasteiger partial charge is 0.307 e. The molecule has 134 valence electrons. The van der Waals surface area contributed by atoms with E-state index in [1.165, 1.54) is 11.0 Å². The lowest BCUT2D eigenvalue weighted by Crippen LogP contribution is -2.24. The quantitative estimate of drug-likeness (QED) is 0.594. The zero-order chi connectivity index (χ0) is 18.6. The number of rotatable bonds is 5. The molecule has 2 aromatic carbocycles. The van der Waals surface area contributed by atoms with Gasteiger partial charge in [0.25, 0.3) is 5.56 Å². The van der Waals surface area contributed by atoms with Crippen LogP contribution in [0.2, 0.25) is 0 Å².